The van der Waals surface area contributed by atoms with Crippen molar-refractivity contribution in [3.8, 4) is 5.88 Å². The summed E-state index contributed by atoms with van der Waals surface area (Å²) in [6.45, 7) is 3.46. The average molecular weight is 309 g/mol. The van der Waals surface area contributed by atoms with Crippen LogP contribution >= 0.6 is 11.6 Å². The normalized spacial score (nSPS) is 19.3. The summed E-state index contributed by atoms with van der Waals surface area (Å²) in [4.78, 5) is 6.54. The number of aryl methyl sites for hydroxylation is 1. The number of fused-ring (bicyclic) bond motifs is 1. The SMILES string of the molecule is Cc1cc2ccc(OCC3CCCN3C)nc2c(F)c1Cl. The highest BCUT2D eigenvalue weighted by Gasteiger charge is 2.21. The molecule has 1 aromatic carbocycles. The molecular formula is C16H18ClFN2O. The molecule has 0 amide bonds. The van der Waals surface area contributed by atoms with Crippen LogP contribution in [-0.4, -0.2) is 36.1 Å². The molecule has 1 aliphatic heterocycles. The summed E-state index contributed by atoms with van der Waals surface area (Å²) in [7, 11) is 2.09. The zero-order valence-electron chi connectivity index (χ0n) is 12.2. The molecule has 1 aliphatic rings. The van der Waals surface area contributed by atoms with Crippen LogP contribution in [0.3, 0.4) is 0 Å². The quantitative estimate of drug-likeness (QED) is 0.862. The zero-order chi connectivity index (χ0) is 15.0. The van der Waals surface area contributed by atoms with Crippen LogP contribution in [0.5, 0.6) is 5.88 Å². The van der Waals surface area contributed by atoms with Crippen molar-refractivity contribution in [3.63, 3.8) is 0 Å². The van der Waals surface area contributed by atoms with Gasteiger partial charge in [0, 0.05) is 17.5 Å². The third kappa shape index (κ3) is 2.83. The first-order chi connectivity index (χ1) is 10.1. The number of ether oxygens (including phenoxy) is 1. The predicted octanol–water partition coefficient (Wildman–Crippen LogP) is 3.81. The summed E-state index contributed by atoms with van der Waals surface area (Å²) in [5.41, 5.74) is 0.979. The van der Waals surface area contributed by atoms with E-state index in [2.05, 4.69) is 16.9 Å². The van der Waals surface area contributed by atoms with E-state index >= 15 is 0 Å². The van der Waals surface area contributed by atoms with Crippen molar-refractivity contribution in [2.75, 3.05) is 20.2 Å². The zero-order valence-corrected chi connectivity index (χ0v) is 13.0. The summed E-state index contributed by atoms with van der Waals surface area (Å²) < 4.78 is 19.9. The van der Waals surface area contributed by atoms with Crippen molar-refractivity contribution in [1.29, 1.82) is 0 Å². The van der Waals surface area contributed by atoms with Crippen molar-refractivity contribution in [3.05, 3.63) is 34.6 Å². The molecule has 0 saturated carbocycles. The van der Waals surface area contributed by atoms with Crippen LogP contribution in [0.15, 0.2) is 18.2 Å². The van der Waals surface area contributed by atoms with Gasteiger partial charge in [-0.1, -0.05) is 11.6 Å². The van der Waals surface area contributed by atoms with E-state index in [-0.39, 0.29) is 10.5 Å². The van der Waals surface area contributed by atoms with Crippen molar-refractivity contribution >= 4 is 22.5 Å². The molecule has 0 N–H and O–H groups in total. The van der Waals surface area contributed by atoms with Gasteiger partial charge in [-0.05, 0) is 51.1 Å². The molecule has 1 fully saturated rings. The molecule has 1 unspecified atom stereocenters. The molecule has 3 rings (SSSR count). The summed E-state index contributed by atoms with van der Waals surface area (Å²) in [5.74, 6) is -0.0308. The third-order valence-electron chi connectivity index (χ3n) is 4.11. The number of pyridine rings is 1. The lowest BCUT2D eigenvalue weighted by atomic mass is 10.1. The fraction of sp³-hybridized carbons (Fsp3) is 0.438. The van der Waals surface area contributed by atoms with E-state index < -0.39 is 5.82 Å². The van der Waals surface area contributed by atoms with Gasteiger partial charge in [-0.25, -0.2) is 9.37 Å². The van der Waals surface area contributed by atoms with Gasteiger partial charge in [0.2, 0.25) is 5.88 Å². The lowest BCUT2D eigenvalue weighted by molar-refractivity contribution is 0.193. The first-order valence-electron chi connectivity index (χ1n) is 7.14. The van der Waals surface area contributed by atoms with Gasteiger partial charge >= 0.3 is 0 Å². The number of nitrogens with zero attached hydrogens (tertiary/aromatic N) is 2. The van der Waals surface area contributed by atoms with Crippen molar-refractivity contribution in [2.45, 2.75) is 25.8 Å². The molecule has 0 spiro atoms. The Morgan fingerprint density at radius 2 is 2.29 bits per heavy atom. The average Bonchev–Trinajstić information content (AvgIpc) is 2.88. The Morgan fingerprint density at radius 1 is 1.48 bits per heavy atom. The third-order valence-corrected chi connectivity index (χ3v) is 4.58. The van der Waals surface area contributed by atoms with Gasteiger partial charge in [0.15, 0.2) is 5.82 Å². The van der Waals surface area contributed by atoms with Crippen LogP contribution in [0.25, 0.3) is 10.9 Å². The van der Waals surface area contributed by atoms with Crippen LogP contribution in [0.2, 0.25) is 5.02 Å². The second-order valence-electron chi connectivity index (χ2n) is 5.63. The molecule has 112 valence electrons. The Morgan fingerprint density at radius 3 is 3.00 bits per heavy atom. The molecule has 0 bridgehead atoms. The van der Waals surface area contributed by atoms with Gasteiger partial charge < -0.3 is 9.64 Å². The predicted molar refractivity (Wildman–Crippen MR) is 82.6 cm³/mol. The lowest BCUT2D eigenvalue weighted by Crippen LogP contribution is -2.30. The van der Waals surface area contributed by atoms with Crippen LogP contribution in [0.4, 0.5) is 4.39 Å². The van der Waals surface area contributed by atoms with Gasteiger partial charge in [0.25, 0.3) is 0 Å². The van der Waals surface area contributed by atoms with E-state index in [1.54, 1.807) is 13.0 Å². The van der Waals surface area contributed by atoms with Crippen LogP contribution in [0, 0.1) is 12.7 Å². The Bertz CT molecular complexity index is 677. The Kier molecular flexibility index (Phi) is 4.00. The summed E-state index contributed by atoms with van der Waals surface area (Å²) in [5, 5.41) is 0.863. The minimum Gasteiger partial charge on any atom is -0.476 e. The number of benzene rings is 1. The molecule has 1 saturated heterocycles. The maximum atomic E-state index is 14.2. The van der Waals surface area contributed by atoms with Gasteiger partial charge in [-0.15, -0.1) is 0 Å². The van der Waals surface area contributed by atoms with Crippen molar-refractivity contribution in [2.24, 2.45) is 0 Å². The maximum absolute atomic E-state index is 14.2. The number of halogens is 2. The molecule has 3 nitrogen and oxygen atoms in total. The largest absolute Gasteiger partial charge is 0.476 e. The Balaban J connectivity index is 1.83. The molecule has 1 aromatic heterocycles. The second kappa shape index (κ2) is 5.78. The monoisotopic (exact) mass is 308 g/mol. The smallest absolute Gasteiger partial charge is 0.213 e. The summed E-state index contributed by atoms with van der Waals surface area (Å²) >= 11 is 5.95. The number of rotatable bonds is 3. The molecule has 0 aliphatic carbocycles. The summed E-state index contributed by atoms with van der Waals surface area (Å²) in [6, 6.07) is 5.85. The molecule has 2 aromatic rings. The highest BCUT2D eigenvalue weighted by molar-refractivity contribution is 6.32. The van der Waals surface area contributed by atoms with Gasteiger partial charge in [-0.3, -0.25) is 0 Å². The fourth-order valence-electron chi connectivity index (χ4n) is 2.77. The van der Waals surface area contributed by atoms with Gasteiger partial charge in [-0.2, -0.15) is 0 Å². The topological polar surface area (TPSA) is 25.4 Å². The van der Waals surface area contributed by atoms with Gasteiger partial charge in [0.05, 0.1) is 5.02 Å². The first-order valence-corrected chi connectivity index (χ1v) is 7.52. The molecule has 1 atom stereocenters. The van der Waals surface area contributed by atoms with Gasteiger partial charge in [0.1, 0.15) is 12.1 Å². The Labute approximate surface area is 128 Å². The van der Waals surface area contributed by atoms with Crippen molar-refractivity contribution < 1.29 is 9.13 Å². The van der Waals surface area contributed by atoms with E-state index in [1.807, 2.05) is 12.1 Å². The standard InChI is InChI=1S/C16H18ClFN2O/c1-10-8-11-5-6-13(19-16(11)15(18)14(10)17)21-9-12-4-3-7-20(12)2/h5-6,8,12H,3-4,7,9H2,1-2H3. The highest BCUT2D eigenvalue weighted by atomic mass is 35.5. The molecular weight excluding hydrogens is 291 g/mol. The molecule has 2 heterocycles. The minimum absolute atomic E-state index is 0.127. The van der Waals surface area contributed by atoms with E-state index in [1.165, 1.54) is 6.42 Å². The molecule has 5 heteroatoms. The molecule has 21 heavy (non-hydrogen) atoms. The summed E-state index contributed by atoms with van der Waals surface area (Å²) in [6.07, 6.45) is 2.32. The second-order valence-corrected chi connectivity index (χ2v) is 6.01. The van der Waals surface area contributed by atoms with Crippen molar-refractivity contribution in [1.82, 2.24) is 9.88 Å². The number of likely N-dealkylation sites (tertiary alicyclic amines) is 1. The number of aromatic nitrogens is 1. The first kappa shape index (κ1) is 14.5. The minimum atomic E-state index is -0.477. The fourth-order valence-corrected chi connectivity index (χ4v) is 2.91. The molecule has 0 radical (unpaired) electrons. The number of hydrogen-bond donors (Lipinski definition) is 0. The lowest BCUT2D eigenvalue weighted by Gasteiger charge is -2.19. The van der Waals surface area contributed by atoms with Crippen LogP contribution in [-0.2, 0) is 0 Å². The van der Waals surface area contributed by atoms with E-state index in [0.717, 1.165) is 18.4 Å². The van der Waals surface area contributed by atoms with Crippen LogP contribution < -0.4 is 4.74 Å². The van der Waals surface area contributed by atoms with E-state index in [9.17, 15) is 4.39 Å². The Hall–Kier alpha value is -1.39. The number of hydrogen-bond acceptors (Lipinski definition) is 3. The number of likely N-dealkylation sites (N-methyl/N-ethyl adjacent to an activating group) is 1. The van der Waals surface area contributed by atoms with E-state index in [4.69, 9.17) is 16.3 Å². The highest BCUT2D eigenvalue weighted by Crippen LogP contribution is 2.28. The van der Waals surface area contributed by atoms with Crippen LogP contribution in [0.1, 0.15) is 18.4 Å². The van der Waals surface area contributed by atoms with E-state index in [0.29, 0.717) is 24.1 Å². The maximum Gasteiger partial charge on any atom is 0.213 e.